The summed E-state index contributed by atoms with van der Waals surface area (Å²) >= 11 is 0. The van der Waals surface area contributed by atoms with E-state index in [0.717, 1.165) is 24.8 Å². The number of unbranched alkanes of at least 4 members (excludes halogenated alkanes) is 5. The van der Waals surface area contributed by atoms with Crippen molar-refractivity contribution in [3.05, 3.63) is 35.9 Å². The van der Waals surface area contributed by atoms with Crippen molar-refractivity contribution in [3.8, 4) is 0 Å². The first-order valence-corrected chi connectivity index (χ1v) is 8.55. The van der Waals surface area contributed by atoms with E-state index in [1.165, 1.54) is 19.3 Å². The maximum Gasteiger partial charge on any atom is 0.307 e. The van der Waals surface area contributed by atoms with Gasteiger partial charge in [0.25, 0.3) is 0 Å². The number of carboxylic acid groups (broad SMARTS) is 2. The van der Waals surface area contributed by atoms with E-state index in [1.54, 1.807) is 0 Å². The first-order chi connectivity index (χ1) is 11.1. The number of carboxylic acids is 2. The molecule has 0 aromatic heterocycles. The van der Waals surface area contributed by atoms with Crippen molar-refractivity contribution >= 4 is 11.9 Å². The SMILES string of the molecule is CCCCCCCC[C@H](C(=O)O)[C@H](Cc1ccccc1)C(=O)O.[Y]. The Bertz CT molecular complexity index is 476. The van der Waals surface area contributed by atoms with Gasteiger partial charge in [-0.05, 0) is 18.4 Å². The summed E-state index contributed by atoms with van der Waals surface area (Å²) in [7, 11) is 0. The fourth-order valence-corrected chi connectivity index (χ4v) is 2.91. The molecule has 0 saturated carbocycles. The summed E-state index contributed by atoms with van der Waals surface area (Å²) < 4.78 is 0. The largest absolute Gasteiger partial charge is 0.481 e. The van der Waals surface area contributed by atoms with E-state index in [2.05, 4.69) is 6.92 Å². The number of hydrogen-bond donors (Lipinski definition) is 2. The normalized spacial score (nSPS) is 12.9. The molecule has 0 aliphatic carbocycles. The summed E-state index contributed by atoms with van der Waals surface area (Å²) in [6.45, 7) is 2.15. The zero-order valence-corrected chi connectivity index (χ0v) is 17.3. The van der Waals surface area contributed by atoms with Crippen LogP contribution in [0, 0.1) is 11.8 Å². The van der Waals surface area contributed by atoms with E-state index >= 15 is 0 Å². The number of aliphatic carboxylic acids is 2. The van der Waals surface area contributed by atoms with E-state index in [0.29, 0.717) is 6.42 Å². The van der Waals surface area contributed by atoms with Crippen molar-refractivity contribution in [2.45, 2.75) is 58.3 Å². The van der Waals surface area contributed by atoms with Crippen LogP contribution in [0.2, 0.25) is 0 Å². The van der Waals surface area contributed by atoms with Gasteiger partial charge in [0.2, 0.25) is 0 Å². The Hall–Kier alpha value is -0.736. The van der Waals surface area contributed by atoms with Crippen LogP contribution in [0.15, 0.2) is 30.3 Å². The van der Waals surface area contributed by atoms with Gasteiger partial charge in [-0.2, -0.15) is 0 Å². The van der Waals surface area contributed by atoms with Crippen molar-refractivity contribution in [1.29, 1.82) is 0 Å². The summed E-state index contributed by atoms with van der Waals surface area (Å²) in [5.41, 5.74) is 0.870. The van der Waals surface area contributed by atoms with E-state index in [4.69, 9.17) is 0 Å². The minimum Gasteiger partial charge on any atom is -0.481 e. The quantitative estimate of drug-likeness (QED) is 0.503. The number of benzene rings is 1. The Labute approximate surface area is 169 Å². The predicted molar refractivity (Wildman–Crippen MR) is 90.4 cm³/mol. The molecule has 0 bridgehead atoms. The van der Waals surface area contributed by atoms with Gasteiger partial charge in [-0.15, -0.1) is 0 Å². The Morgan fingerprint density at radius 2 is 1.42 bits per heavy atom. The average molecular weight is 409 g/mol. The van der Waals surface area contributed by atoms with Gasteiger partial charge in [0.05, 0.1) is 11.8 Å². The molecule has 1 aromatic rings. The molecule has 1 radical (unpaired) electrons. The molecular weight excluding hydrogens is 381 g/mol. The van der Waals surface area contributed by atoms with E-state index in [1.807, 2.05) is 30.3 Å². The molecule has 2 atom stereocenters. The Morgan fingerprint density at radius 1 is 0.875 bits per heavy atom. The van der Waals surface area contributed by atoms with Gasteiger partial charge >= 0.3 is 11.9 Å². The van der Waals surface area contributed by atoms with Crippen LogP contribution in [-0.4, -0.2) is 22.2 Å². The number of rotatable bonds is 12. The molecule has 0 aliphatic heterocycles. The zero-order chi connectivity index (χ0) is 17.1. The molecule has 0 amide bonds. The van der Waals surface area contributed by atoms with Crippen LogP contribution < -0.4 is 0 Å². The van der Waals surface area contributed by atoms with Crippen LogP contribution in [0.25, 0.3) is 0 Å². The van der Waals surface area contributed by atoms with Crippen LogP contribution in [-0.2, 0) is 48.7 Å². The molecule has 0 spiro atoms. The molecule has 0 aliphatic rings. The third kappa shape index (κ3) is 8.93. The fourth-order valence-electron chi connectivity index (χ4n) is 2.91. The summed E-state index contributed by atoms with van der Waals surface area (Å²) in [5, 5.41) is 18.9. The molecule has 24 heavy (non-hydrogen) atoms. The Balaban J connectivity index is 0.00000529. The van der Waals surface area contributed by atoms with Gasteiger partial charge in [-0.25, -0.2) is 0 Å². The van der Waals surface area contributed by atoms with Crippen molar-refractivity contribution in [1.82, 2.24) is 0 Å². The molecule has 2 N–H and O–H groups in total. The molecule has 1 rings (SSSR count). The van der Waals surface area contributed by atoms with Crippen LogP contribution in [0.4, 0.5) is 0 Å². The molecule has 0 saturated heterocycles. The minimum atomic E-state index is -1.02. The first kappa shape index (κ1) is 23.3. The van der Waals surface area contributed by atoms with Crippen molar-refractivity contribution in [2.75, 3.05) is 0 Å². The Kier molecular flexibility index (Phi) is 13.1. The van der Waals surface area contributed by atoms with Crippen LogP contribution >= 0.6 is 0 Å². The maximum absolute atomic E-state index is 11.6. The van der Waals surface area contributed by atoms with Crippen LogP contribution in [0.3, 0.4) is 0 Å². The zero-order valence-electron chi connectivity index (χ0n) is 14.5. The molecule has 4 nitrogen and oxygen atoms in total. The van der Waals surface area contributed by atoms with E-state index in [-0.39, 0.29) is 39.1 Å². The summed E-state index contributed by atoms with van der Waals surface area (Å²) in [6.07, 6.45) is 7.09. The van der Waals surface area contributed by atoms with Crippen LogP contribution in [0.1, 0.15) is 57.4 Å². The first-order valence-electron chi connectivity index (χ1n) is 8.55. The fraction of sp³-hybridized carbons (Fsp3) is 0.579. The molecule has 0 unspecified atom stereocenters. The monoisotopic (exact) mass is 409 g/mol. The number of carbonyl (C=O) groups is 2. The van der Waals surface area contributed by atoms with Gasteiger partial charge < -0.3 is 10.2 Å². The predicted octanol–water partition coefficient (Wildman–Crippen LogP) is 4.38. The van der Waals surface area contributed by atoms with Gasteiger partial charge in [0.1, 0.15) is 0 Å². The second kappa shape index (κ2) is 13.5. The second-order valence-corrected chi connectivity index (χ2v) is 6.14. The third-order valence-electron chi connectivity index (χ3n) is 4.29. The van der Waals surface area contributed by atoms with E-state index in [9.17, 15) is 19.8 Å². The van der Waals surface area contributed by atoms with Crippen LogP contribution in [0.5, 0.6) is 0 Å². The van der Waals surface area contributed by atoms with Gasteiger partial charge in [0, 0.05) is 32.7 Å². The average Bonchev–Trinajstić information content (AvgIpc) is 2.53. The maximum atomic E-state index is 11.6. The second-order valence-electron chi connectivity index (χ2n) is 6.14. The summed E-state index contributed by atoms with van der Waals surface area (Å²) in [5.74, 6) is -3.71. The topological polar surface area (TPSA) is 74.6 Å². The minimum absolute atomic E-state index is 0. The summed E-state index contributed by atoms with van der Waals surface area (Å²) in [6, 6.07) is 9.25. The van der Waals surface area contributed by atoms with Crippen molar-refractivity contribution in [2.24, 2.45) is 11.8 Å². The van der Waals surface area contributed by atoms with Gasteiger partial charge in [-0.1, -0.05) is 75.8 Å². The molecule has 5 heteroatoms. The van der Waals surface area contributed by atoms with Gasteiger partial charge in [-0.3, -0.25) is 9.59 Å². The van der Waals surface area contributed by atoms with Gasteiger partial charge in [0.15, 0.2) is 0 Å². The Morgan fingerprint density at radius 3 is 1.96 bits per heavy atom. The third-order valence-corrected chi connectivity index (χ3v) is 4.29. The van der Waals surface area contributed by atoms with Crippen molar-refractivity contribution < 1.29 is 52.5 Å². The molecular formula is C19H28O4Y. The molecule has 1 aromatic carbocycles. The molecule has 0 heterocycles. The van der Waals surface area contributed by atoms with E-state index < -0.39 is 23.8 Å². The molecule has 131 valence electrons. The van der Waals surface area contributed by atoms with Crippen molar-refractivity contribution in [3.63, 3.8) is 0 Å². The summed E-state index contributed by atoms with van der Waals surface area (Å²) in [4.78, 5) is 23.1. The smallest absolute Gasteiger partial charge is 0.307 e. The molecule has 0 fully saturated rings. The number of hydrogen-bond acceptors (Lipinski definition) is 2. The standard InChI is InChI=1S/C19H28O4.Y/c1-2-3-4-5-6-10-13-16(18(20)21)17(19(22)23)14-15-11-8-7-9-12-15;/h7-9,11-12,16-17H,2-6,10,13-14H2,1H3,(H,20,21)(H,22,23);/t16-,17-;/m0./s1.